The fourth-order valence-corrected chi connectivity index (χ4v) is 5.42. The molecule has 0 bridgehead atoms. The van der Waals surface area contributed by atoms with Crippen molar-refractivity contribution in [3.63, 3.8) is 0 Å². The first-order chi connectivity index (χ1) is 15.5. The van der Waals surface area contributed by atoms with E-state index < -0.39 is 10.4 Å². The van der Waals surface area contributed by atoms with Crippen LogP contribution in [-0.4, -0.2) is 87.7 Å². The predicted molar refractivity (Wildman–Crippen MR) is 133 cm³/mol. The van der Waals surface area contributed by atoms with Crippen molar-refractivity contribution in [2.75, 3.05) is 14.1 Å². The van der Waals surface area contributed by atoms with Crippen LogP contribution in [0.1, 0.15) is 93.9 Å². The van der Waals surface area contributed by atoms with Crippen molar-refractivity contribution >= 4 is 22.3 Å². The summed E-state index contributed by atoms with van der Waals surface area (Å²) in [5.74, 6) is -0.616. The maximum absolute atomic E-state index is 12.4. The highest BCUT2D eigenvalue weighted by Crippen LogP contribution is 2.39. The number of likely N-dealkylation sites (tertiary alicyclic amines) is 2. The van der Waals surface area contributed by atoms with Gasteiger partial charge < -0.3 is 9.47 Å². The largest absolute Gasteiger partial charge is 0.462 e. The Kier molecular flexibility index (Phi) is 9.98. The van der Waals surface area contributed by atoms with E-state index in [1.807, 2.05) is 0 Å². The number of esters is 2. The molecule has 2 rings (SSSR count). The van der Waals surface area contributed by atoms with Crippen molar-refractivity contribution < 1.29 is 36.6 Å². The zero-order chi connectivity index (χ0) is 27.6. The summed E-state index contributed by atoms with van der Waals surface area (Å²) in [5.41, 5.74) is -0.169. The minimum absolute atomic E-state index is 0.0423. The summed E-state index contributed by atoms with van der Waals surface area (Å²) in [6.07, 6.45) is 3.09. The zero-order valence-corrected chi connectivity index (χ0v) is 23.9. The first-order valence-electron chi connectivity index (χ1n) is 12.0. The van der Waals surface area contributed by atoms with Crippen LogP contribution in [0.15, 0.2) is 0 Å². The van der Waals surface area contributed by atoms with Crippen molar-refractivity contribution in [2.45, 2.75) is 128 Å². The number of carbonyl (C=O) groups excluding carboxylic acids is 2. The van der Waals surface area contributed by atoms with E-state index >= 15 is 0 Å². The van der Waals surface area contributed by atoms with Crippen LogP contribution in [0.4, 0.5) is 0 Å². The third-order valence-corrected chi connectivity index (χ3v) is 7.67. The average Bonchev–Trinajstić information content (AvgIpc) is 2.60. The molecule has 2 fully saturated rings. The minimum Gasteiger partial charge on any atom is -0.462 e. The summed E-state index contributed by atoms with van der Waals surface area (Å²) < 4.78 is 43.1. The summed E-state index contributed by atoms with van der Waals surface area (Å²) in [7, 11) is -0.417. The lowest BCUT2D eigenvalue weighted by molar-refractivity contribution is -0.165. The van der Waals surface area contributed by atoms with Gasteiger partial charge in [0.1, 0.15) is 12.2 Å². The first-order valence-corrected chi connectivity index (χ1v) is 13.4. The van der Waals surface area contributed by atoms with Crippen LogP contribution in [0.3, 0.4) is 0 Å². The van der Waals surface area contributed by atoms with Gasteiger partial charge in [-0.25, -0.2) is 0 Å². The number of piperidine rings is 2. The molecule has 10 nitrogen and oxygen atoms in total. The van der Waals surface area contributed by atoms with Crippen molar-refractivity contribution in [1.82, 2.24) is 9.80 Å². The molecule has 0 amide bonds. The molecule has 0 unspecified atom stereocenters. The van der Waals surface area contributed by atoms with Crippen LogP contribution >= 0.6 is 0 Å². The molecule has 0 radical (unpaired) electrons. The highest BCUT2D eigenvalue weighted by molar-refractivity contribution is 7.79. The molecule has 0 spiro atoms. The van der Waals surface area contributed by atoms with E-state index in [2.05, 4.69) is 79.3 Å². The topological polar surface area (TPSA) is 134 Å². The molecule has 206 valence electrons. The Hall–Kier alpha value is -1.27. The maximum atomic E-state index is 12.4. The van der Waals surface area contributed by atoms with Gasteiger partial charge in [0.05, 0.1) is 12.8 Å². The second-order valence-corrected chi connectivity index (χ2v) is 13.3. The van der Waals surface area contributed by atoms with Gasteiger partial charge in [-0.2, -0.15) is 8.42 Å². The van der Waals surface area contributed by atoms with E-state index in [-0.39, 0.29) is 59.1 Å². The van der Waals surface area contributed by atoms with Gasteiger partial charge in [-0.15, -0.1) is 0 Å². The molecule has 0 aromatic heterocycles. The van der Waals surface area contributed by atoms with Crippen LogP contribution in [0.2, 0.25) is 0 Å². The smallest absolute Gasteiger partial charge is 0.394 e. The van der Waals surface area contributed by atoms with Crippen LogP contribution in [0.5, 0.6) is 0 Å². The van der Waals surface area contributed by atoms with E-state index in [0.29, 0.717) is 0 Å². The third-order valence-electron chi connectivity index (χ3n) is 7.67. The molecule has 2 N–H and O–H groups in total. The lowest BCUT2D eigenvalue weighted by Crippen LogP contribution is -2.60. The zero-order valence-electron chi connectivity index (χ0n) is 23.0. The molecule has 35 heavy (non-hydrogen) atoms. The second kappa shape index (κ2) is 11.0. The highest BCUT2D eigenvalue weighted by atomic mass is 32.3. The van der Waals surface area contributed by atoms with Crippen molar-refractivity contribution in [3.05, 3.63) is 0 Å². The number of nitrogens with zero attached hydrogens (tertiary/aromatic N) is 2. The Bertz CT molecular complexity index is 767. The third kappa shape index (κ3) is 9.95. The molecule has 0 aliphatic carbocycles. The molecule has 0 aromatic carbocycles. The van der Waals surface area contributed by atoms with Gasteiger partial charge in [-0.05, 0) is 69.5 Å². The summed E-state index contributed by atoms with van der Waals surface area (Å²) in [6.45, 7) is 17.4. The molecular weight excluding hydrogens is 476 g/mol. The molecule has 2 aliphatic heterocycles. The van der Waals surface area contributed by atoms with Crippen LogP contribution in [0.25, 0.3) is 0 Å². The summed E-state index contributed by atoms with van der Waals surface area (Å²) >= 11 is 0. The van der Waals surface area contributed by atoms with Crippen LogP contribution in [-0.2, 0) is 29.5 Å². The van der Waals surface area contributed by atoms with Gasteiger partial charge in [0.2, 0.25) is 0 Å². The monoisotopic (exact) mass is 522 g/mol. The molecule has 11 heteroatoms. The fraction of sp³-hybridized carbons (Fsp3) is 0.917. The molecular formula is C24H46N2O8S. The van der Waals surface area contributed by atoms with Gasteiger partial charge >= 0.3 is 22.3 Å². The van der Waals surface area contributed by atoms with Gasteiger partial charge in [-0.1, -0.05) is 0 Å². The number of hydrogen-bond donors (Lipinski definition) is 2. The Morgan fingerprint density at radius 3 is 1.09 bits per heavy atom. The SMILES string of the molecule is CN1C(C)(C)CC(OC(=O)CCC(=O)OC2CC(C)(C)N(C)C(C)(C)C2)CC1(C)C.O=S(=O)(O)O. The molecule has 2 heterocycles. The van der Waals surface area contributed by atoms with Gasteiger partial charge in [0.15, 0.2) is 0 Å². The van der Waals surface area contributed by atoms with Crippen molar-refractivity contribution in [1.29, 1.82) is 0 Å². The number of hydrogen-bond acceptors (Lipinski definition) is 8. The molecule has 0 saturated carbocycles. The van der Waals surface area contributed by atoms with E-state index in [9.17, 15) is 9.59 Å². The summed E-state index contributed by atoms with van der Waals surface area (Å²) in [6, 6.07) is 0. The predicted octanol–water partition coefficient (Wildman–Crippen LogP) is 3.50. The van der Waals surface area contributed by atoms with E-state index in [0.717, 1.165) is 25.7 Å². The maximum Gasteiger partial charge on any atom is 0.394 e. The van der Waals surface area contributed by atoms with E-state index in [1.54, 1.807) is 0 Å². The molecule has 0 aromatic rings. The number of rotatable bonds is 5. The molecule has 0 atom stereocenters. The highest BCUT2D eigenvalue weighted by Gasteiger charge is 2.45. The second-order valence-electron chi connectivity index (χ2n) is 12.4. The number of ether oxygens (including phenoxy) is 2. The lowest BCUT2D eigenvalue weighted by atomic mass is 9.78. The van der Waals surface area contributed by atoms with Crippen molar-refractivity contribution in [2.24, 2.45) is 0 Å². The Labute approximate surface area is 211 Å². The minimum atomic E-state index is -4.67. The Morgan fingerprint density at radius 1 is 0.686 bits per heavy atom. The normalized spacial score (nSPS) is 24.7. The fourth-order valence-electron chi connectivity index (χ4n) is 5.42. The number of carbonyl (C=O) groups is 2. The lowest BCUT2D eigenvalue weighted by Gasteiger charge is -2.53. The molecule has 2 saturated heterocycles. The summed E-state index contributed by atoms with van der Waals surface area (Å²) in [5, 5.41) is 0. The van der Waals surface area contributed by atoms with E-state index in [1.165, 1.54) is 0 Å². The first kappa shape index (κ1) is 31.8. The molecule has 2 aliphatic rings. The van der Waals surface area contributed by atoms with Crippen LogP contribution in [0, 0.1) is 0 Å². The summed E-state index contributed by atoms with van der Waals surface area (Å²) in [4.78, 5) is 29.5. The average molecular weight is 523 g/mol. The van der Waals surface area contributed by atoms with Gasteiger partial charge in [0.25, 0.3) is 0 Å². The quantitative estimate of drug-likeness (QED) is 0.408. The van der Waals surface area contributed by atoms with E-state index in [4.69, 9.17) is 27.0 Å². The Morgan fingerprint density at radius 2 is 0.886 bits per heavy atom. The standard InChI is InChI=1S/C24H44N2O4.H2O4S/c1-21(2)13-17(14-22(3,4)25(21)9)29-19(27)11-12-20(28)30-18-15-23(5,6)26(10)24(7,8)16-18;1-5(2,3)4/h17-18H,11-16H2,1-10H3;(H2,1,2,3,4). The van der Waals surface area contributed by atoms with Crippen molar-refractivity contribution in [3.8, 4) is 0 Å². The van der Waals surface area contributed by atoms with Gasteiger partial charge in [0, 0.05) is 47.8 Å². The Balaban J connectivity index is 0.00000111. The van der Waals surface area contributed by atoms with Crippen LogP contribution < -0.4 is 0 Å². The van der Waals surface area contributed by atoms with Gasteiger partial charge in [-0.3, -0.25) is 28.5 Å².